The summed E-state index contributed by atoms with van der Waals surface area (Å²) in [5.74, 6) is 0.0486. The Balaban J connectivity index is 1.81. The van der Waals surface area contributed by atoms with Crippen molar-refractivity contribution in [3.8, 4) is 0 Å². The maximum Gasteiger partial charge on any atom is 0.237 e. The fourth-order valence-electron chi connectivity index (χ4n) is 2.30. The Bertz CT molecular complexity index is 427. The summed E-state index contributed by atoms with van der Waals surface area (Å²) < 4.78 is 5.87. The topological polar surface area (TPSA) is 38.3 Å². The zero-order valence-corrected chi connectivity index (χ0v) is 13.0. The summed E-state index contributed by atoms with van der Waals surface area (Å²) in [5, 5.41) is 2.89. The molecule has 2 rings (SSSR count). The maximum absolute atomic E-state index is 11.8. The van der Waals surface area contributed by atoms with E-state index in [9.17, 15) is 4.79 Å². The number of hydrogen-bond donors (Lipinski definition) is 1. The van der Waals surface area contributed by atoms with Gasteiger partial charge in [0.1, 0.15) is 0 Å². The molecule has 20 heavy (non-hydrogen) atoms. The third-order valence-electron chi connectivity index (χ3n) is 3.73. The minimum atomic E-state index is -0.0274. The van der Waals surface area contributed by atoms with Gasteiger partial charge in [0.15, 0.2) is 0 Å². The van der Waals surface area contributed by atoms with Crippen LogP contribution in [0.2, 0.25) is 0 Å². The van der Waals surface area contributed by atoms with Crippen molar-refractivity contribution in [3.05, 3.63) is 29.8 Å². The molecular formula is C16H23NO2S. The number of amides is 1. The molecule has 1 N–H and O–H groups in total. The Morgan fingerprint density at radius 1 is 1.35 bits per heavy atom. The number of ether oxygens (including phenoxy) is 1. The fourth-order valence-corrected chi connectivity index (χ4v) is 2.58. The Hall–Kier alpha value is -1.00. The molecule has 0 heterocycles. The summed E-state index contributed by atoms with van der Waals surface area (Å²) >= 11 is 1.55. The normalized spacial score (nSPS) is 17.1. The van der Waals surface area contributed by atoms with E-state index in [4.69, 9.17) is 4.74 Å². The highest BCUT2D eigenvalue weighted by Gasteiger charge is 2.15. The van der Waals surface area contributed by atoms with E-state index in [1.807, 2.05) is 37.4 Å². The van der Waals surface area contributed by atoms with Crippen molar-refractivity contribution in [3.63, 3.8) is 0 Å². The zero-order valence-electron chi connectivity index (χ0n) is 12.2. The number of hydrogen-bond acceptors (Lipinski definition) is 3. The summed E-state index contributed by atoms with van der Waals surface area (Å²) in [4.78, 5) is 11.8. The zero-order chi connectivity index (χ0) is 14.4. The van der Waals surface area contributed by atoms with Crippen LogP contribution in [-0.4, -0.2) is 23.5 Å². The molecule has 1 aliphatic rings. The highest BCUT2D eigenvalue weighted by molar-refractivity contribution is 7.99. The van der Waals surface area contributed by atoms with E-state index in [-0.39, 0.29) is 11.2 Å². The van der Waals surface area contributed by atoms with Crippen LogP contribution in [0.4, 0.5) is 5.69 Å². The molecule has 0 aliphatic heterocycles. The van der Waals surface area contributed by atoms with Crippen molar-refractivity contribution in [2.24, 2.45) is 0 Å². The van der Waals surface area contributed by atoms with E-state index in [1.165, 1.54) is 25.7 Å². The van der Waals surface area contributed by atoms with Crippen molar-refractivity contribution >= 4 is 23.4 Å². The molecule has 0 unspecified atom stereocenters. The first kappa shape index (κ1) is 15.4. The summed E-state index contributed by atoms with van der Waals surface area (Å²) in [7, 11) is 0. The van der Waals surface area contributed by atoms with Crippen molar-refractivity contribution in [2.75, 3.05) is 11.6 Å². The van der Waals surface area contributed by atoms with E-state index in [0.29, 0.717) is 12.7 Å². The predicted octanol–water partition coefficient (Wildman–Crippen LogP) is 3.84. The van der Waals surface area contributed by atoms with Crippen LogP contribution in [-0.2, 0) is 16.1 Å². The van der Waals surface area contributed by atoms with Crippen molar-refractivity contribution in [1.29, 1.82) is 0 Å². The molecule has 1 amide bonds. The van der Waals surface area contributed by atoms with Crippen LogP contribution in [0.5, 0.6) is 0 Å². The van der Waals surface area contributed by atoms with Gasteiger partial charge in [0.05, 0.1) is 18.0 Å². The molecular weight excluding hydrogens is 270 g/mol. The number of rotatable bonds is 6. The molecule has 0 radical (unpaired) electrons. The standard InChI is InChI=1S/C16H23NO2S/c1-12(20-2)16(18)17-14-9-7-13(8-10-14)11-19-15-5-3-4-6-15/h7-10,12,15H,3-6,11H2,1-2H3,(H,17,18)/t12-/m1/s1. The quantitative estimate of drug-likeness (QED) is 0.866. The van der Waals surface area contributed by atoms with Gasteiger partial charge in [-0.3, -0.25) is 4.79 Å². The molecule has 0 bridgehead atoms. The molecule has 1 atom stereocenters. The summed E-state index contributed by atoms with van der Waals surface area (Å²) in [6, 6.07) is 7.93. The lowest BCUT2D eigenvalue weighted by atomic mass is 10.2. The van der Waals surface area contributed by atoms with Crippen LogP contribution in [0.15, 0.2) is 24.3 Å². The second-order valence-electron chi connectivity index (χ2n) is 5.28. The number of anilines is 1. The van der Waals surface area contributed by atoms with Gasteiger partial charge in [-0.2, -0.15) is 11.8 Å². The van der Waals surface area contributed by atoms with Crippen molar-refractivity contribution in [2.45, 2.75) is 50.6 Å². The number of nitrogens with one attached hydrogen (secondary N) is 1. The lowest BCUT2D eigenvalue weighted by Gasteiger charge is -2.12. The van der Waals surface area contributed by atoms with E-state index in [2.05, 4.69) is 5.32 Å². The maximum atomic E-state index is 11.8. The highest BCUT2D eigenvalue weighted by atomic mass is 32.2. The molecule has 1 aromatic carbocycles. The first-order valence-corrected chi connectivity index (χ1v) is 8.52. The average molecular weight is 293 g/mol. The van der Waals surface area contributed by atoms with E-state index >= 15 is 0 Å². The predicted molar refractivity (Wildman–Crippen MR) is 85.1 cm³/mol. The van der Waals surface area contributed by atoms with Gasteiger partial charge in [-0.05, 0) is 43.7 Å². The van der Waals surface area contributed by atoms with E-state index < -0.39 is 0 Å². The van der Waals surface area contributed by atoms with Gasteiger partial charge in [0.2, 0.25) is 5.91 Å². The number of carbonyl (C=O) groups is 1. The largest absolute Gasteiger partial charge is 0.374 e. The van der Waals surface area contributed by atoms with Gasteiger partial charge in [-0.15, -0.1) is 0 Å². The lowest BCUT2D eigenvalue weighted by Crippen LogP contribution is -2.21. The minimum absolute atomic E-state index is 0.0274. The first-order chi connectivity index (χ1) is 9.69. The summed E-state index contributed by atoms with van der Waals surface area (Å²) in [5.41, 5.74) is 2.01. The highest BCUT2D eigenvalue weighted by Crippen LogP contribution is 2.22. The monoisotopic (exact) mass is 293 g/mol. The Morgan fingerprint density at radius 3 is 2.60 bits per heavy atom. The van der Waals surface area contributed by atoms with Crippen LogP contribution in [0, 0.1) is 0 Å². The Labute approximate surface area is 125 Å². The SMILES string of the molecule is CS[C@H](C)C(=O)Nc1ccc(COC2CCCC2)cc1. The molecule has 0 spiro atoms. The van der Waals surface area contributed by atoms with E-state index in [1.54, 1.807) is 11.8 Å². The molecule has 1 aromatic rings. The third kappa shape index (κ3) is 4.53. The average Bonchev–Trinajstić information content (AvgIpc) is 2.99. The molecule has 110 valence electrons. The number of benzene rings is 1. The van der Waals surface area contributed by atoms with Gasteiger partial charge in [-0.25, -0.2) is 0 Å². The molecule has 3 nitrogen and oxygen atoms in total. The lowest BCUT2D eigenvalue weighted by molar-refractivity contribution is -0.115. The number of carbonyl (C=O) groups excluding carboxylic acids is 1. The molecule has 1 saturated carbocycles. The molecule has 4 heteroatoms. The minimum Gasteiger partial charge on any atom is -0.374 e. The fraction of sp³-hybridized carbons (Fsp3) is 0.562. The molecule has 1 fully saturated rings. The van der Waals surface area contributed by atoms with Crippen LogP contribution in [0.3, 0.4) is 0 Å². The van der Waals surface area contributed by atoms with Gasteiger partial charge in [0.25, 0.3) is 0 Å². The second kappa shape index (κ2) is 7.70. The summed E-state index contributed by atoms with van der Waals surface area (Å²) in [6.07, 6.45) is 7.36. The molecule has 0 aromatic heterocycles. The van der Waals surface area contributed by atoms with Gasteiger partial charge >= 0.3 is 0 Å². The van der Waals surface area contributed by atoms with Crippen LogP contribution >= 0.6 is 11.8 Å². The third-order valence-corrected chi connectivity index (χ3v) is 4.65. The van der Waals surface area contributed by atoms with E-state index in [0.717, 1.165) is 11.3 Å². The Morgan fingerprint density at radius 2 is 2.00 bits per heavy atom. The number of thioether (sulfide) groups is 1. The molecule has 0 saturated heterocycles. The summed E-state index contributed by atoms with van der Waals surface area (Å²) in [6.45, 7) is 2.57. The van der Waals surface area contributed by atoms with Crippen LogP contribution in [0.25, 0.3) is 0 Å². The first-order valence-electron chi connectivity index (χ1n) is 7.23. The van der Waals surface area contributed by atoms with Gasteiger partial charge in [-0.1, -0.05) is 25.0 Å². The second-order valence-corrected chi connectivity index (χ2v) is 6.46. The van der Waals surface area contributed by atoms with Crippen LogP contribution in [0.1, 0.15) is 38.2 Å². The Kier molecular flexibility index (Phi) is 5.92. The van der Waals surface area contributed by atoms with Crippen molar-refractivity contribution < 1.29 is 9.53 Å². The van der Waals surface area contributed by atoms with Crippen LogP contribution < -0.4 is 5.32 Å². The van der Waals surface area contributed by atoms with Crippen molar-refractivity contribution in [1.82, 2.24) is 0 Å². The smallest absolute Gasteiger partial charge is 0.237 e. The van der Waals surface area contributed by atoms with Gasteiger partial charge < -0.3 is 10.1 Å². The molecule has 1 aliphatic carbocycles. The van der Waals surface area contributed by atoms with Gasteiger partial charge in [0, 0.05) is 5.69 Å².